The van der Waals surface area contributed by atoms with Crippen molar-refractivity contribution >= 4 is 28.7 Å². The summed E-state index contributed by atoms with van der Waals surface area (Å²) in [6, 6.07) is 23.6. The van der Waals surface area contributed by atoms with Gasteiger partial charge in [-0.2, -0.15) is 0 Å². The Morgan fingerprint density at radius 1 is 0.800 bits per heavy atom. The molecule has 0 radical (unpaired) electrons. The third kappa shape index (κ3) is 4.58. The minimum absolute atomic E-state index is 0.521. The summed E-state index contributed by atoms with van der Waals surface area (Å²) < 4.78 is 5.95. The molecule has 0 aromatic heterocycles. The molecule has 0 bridgehead atoms. The molecule has 0 aliphatic carbocycles. The van der Waals surface area contributed by atoms with Gasteiger partial charge in [-0.15, -0.1) is 0 Å². The molecule has 0 unspecified atom stereocenters. The third-order valence-electron chi connectivity index (χ3n) is 3.87. The molecule has 0 fully saturated rings. The first kappa shape index (κ1) is 17.0. The van der Waals surface area contributed by atoms with Crippen molar-refractivity contribution in [3.8, 4) is 11.5 Å². The van der Waals surface area contributed by atoms with Gasteiger partial charge >= 0.3 is 0 Å². The number of para-hydroxylation sites is 3. The molecule has 3 aromatic rings. The lowest BCUT2D eigenvalue weighted by Gasteiger charge is -2.15. The lowest BCUT2D eigenvalue weighted by molar-refractivity contribution is 0.485. The molecule has 2 N–H and O–H groups in total. The van der Waals surface area contributed by atoms with Gasteiger partial charge in [0.05, 0.1) is 5.69 Å². The van der Waals surface area contributed by atoms with Gasteiger partial charge < -0.3 is 15.4 Å². The van der Waals surface area contributed by atoms with Crippen LogP contribution >= 0.6 is 12.2 Å². The number of rotatable bonds is 4. The van der Waals surface area contributed by atoms with E-state index in [2.05, 4.69) is 36.6 Å². The predicted octanol–water partition coefficient (Wildman–Crippen LogP) is 5.90. The number of ether oxygens (including phenoxy) is 1. The Bertz CT molecular complexity index is 878. The molecule has 0 aliphatic heterocycles. The Hall–Kier alpha value is -2.85. The maximum absolute atomic E-state index is 5.95. The lowest BCUT2D eigenvalue weighted by Crippen LogP contribution is -2.19. The van der Waals surface area contributed by atoms with Crippen LogP contribution in [0, 0.1) is 13.8 Å². The molecule has 25 heavy (non-hydrogen) atoms. The van der Waals surface area contributed by atoms with Crippen molar-refractivity contribution in [3.05, 3.63) is 83.9 Å². The summed E-state index contributed by atoms with van der Waals surface area (Å²) in [4.78, 5) is 0. The van der Waals surface area contributed by atoms with E-state index in [1.54, 1.807) is 0 Å². The van der Waals surface area contributed by atoms with Crippen molar-refractivity contribution in [3.63, 3.8) is 0 Å². The van der Waals surface area contributed by atoms with Gasteiger partial charge in [-0.3, -0.25) is 0 Å². The third-order valence-corrected chi connectivity index (χ3v) is 4.08. The normalized spacial score (nSPS) is 10.2. The van der Waals surface area contributed by atoms with Gasteiger partial charge in [-0.05, 0) is 73.6 Å². The molecule has 0 amide bonds. The summed E-state index contributed by atoms with van der Waals surface area (Å²) in [5, 5.41) is 6.94. The molecular formula is C21H20N2OS. The molecule has 0 aliphatic rings. The van der Waals surface area contributed by atoms with Gasteiger partial charge in [0, 0.05) is 5.69 Å². The van der Waals surface area contributed by atoms with E-state index in [1.165, 1.54) is 11.1 Å². The Labute approximate surface area is 153 Å². The van der Waals surface area contributed by atoms with Crippen LogP contribution in [0.3, 0.4) is 0 Å². The fourth-order valence-electron chi connectivity index (χ4n) is 2.38. The molecule has 0 atom stereocenters. The van der Waals surface area contributed by atoms with Crippen molar-refractivity contribution < 1.29 is 4.74 Å². The van der Waals surface area contributed by atoms with Gasteiger partial charge in [0.2, 0.25) is 0 Å². The van der Waals surface area contributed by atoms with Gasteiger partial charge in [0.25, 0.3) is 0 Å². The zero-order valence-electron chi connectivity index (χ0n) is 14.2. The standard InChI is InChI=1S/C21H20N2OS/c1-15-12-13-17(14-16(15)2)22-21(25)23-19-10-6-7-11-20(19)24-18-8-4-3-5-9-18/h3-14H,1-2H3,(H2,22,23,25). The summed E-state index contributed by atoms with van der Waals surface area (Å²) in [5.41, 5.74) is 4.25. The number of aryl methyl sites for hydroxylation is 2. The Kier molecular flexibility index (Phi) is 5.31. The molecule has 3 aromatic carbocycles. The first-order valence-corrected chi connectivity index (χ1v) is 8.50. The summed E-state index contributed by atoms with van der Waals surface area (Å²) in [5.74, 6) is 1.50. The highest BCUT2D eigenvalue weighted by Gasteiger charge is 2.07. The highest BCUT2D eigenvalue weighted by Crippen LogP contribution is 2.29. The second kappa shape index (κ2) is 7.81. The highest BCUT2D eigenvalue weighted by molar-refractivity contribution is 7.80. The van der Waals surface area contributed by atoms with E-state index in [9.17, 15) is 0 Å². The number of nitrogens with one attached hydrogen (secondary N) is 2. The van der Waals surface area contributed by atoms with E-state index in [0.29, 0.717) is 5.11 Å². The van der Waals surface area contributed by atoms with E-state index in [1.807, 2.05) is 60.7 Å². The van der Waals surface area contributed by atoms with E-state index < -0.39 is 0 Å². The number of benzene rings is 3. The van der Waals surface area contributed by atoms with Crippen molar-refractivity contribution in [1.29, 1.82) is 0 Å². The monoisotopic (exact) mass is 348 g/mol. The van der Waals surface area contributed by atoms with E-state index in [4.69, 9.17) is 17.0 Å². The highest BCUT2D eigenvalue weighted by atomic mass is 32.1. The van der Waals surface area contributed by atoms with Gasteiger partial charge in [0.1, 0.15) is 5.75 Å². The van der Waals surface area contributed by atoms with E-state index >= 15 is 0 Å². The van der Waals surface area contributed by atoms with Crippen LogP contribution < -0.4 is 15.4 Å². The smallest absolute Gasteiger partial charge is 0.175 e. The molecule has 0 heterocycles. The second-order valence-electron chi connectivity index (χ2n) is 5.79. The van der Waals surface area contributed by atoms with Crippen LogP contribution in [0.5, 0.6) is 11.5 Å². The zero-order chi connectivity index (χ0) is 17.6. The topological polar surface area (TPSA) is 33.3 Å². The molecule has 0 saturated heterocycles. The average molecular weight is 348 g/mol. The molecule has 3 nitrogen and oxygen atoms in total. The molecule has 0 saturated carbocycles. The van der Waals surface area contributed by atoms with Gasteiger partial charge in [-0.25, -0.2) is 0 Å². The fraction of sp³-hybridized carbons (Fsp3) is 0.0952. The quantitative estimate of drug-likeness (QED) is 0.575. The van der Waals surface area contributed by atoms with Crippen LogP contribution in [0.25, 0.3) is 0 Å². The van der Waals surface area contributed by atoms with Crippen LogP contribution in [0.1, 0.15) is 11.1 Å². The Balaban J connectivity index is 1.72. The number of hydrogen-bond donors (Lipinski definition) is 2. The van der Waals surface area contributed by atoms with Crippen LogP contribution in [0.15, 0.2) is 72.8 Å². The number of thiocarbonyl (C=S) groups is 1. The van der Waals surface area contributed by atoms with Gasteiger partial charge in [0.15, 0.2) is 10.9 Å². The second-order valence-corrected chi connectivity index (χ2v) is 6.20. The van der Waals surface area contributed by atoms with Crippen molar-refractivity contribution in [2.24, 2.45) is 0 Å². The van der Waals surface area contributed by atoms with Crippen LogP contribution in [-0.4, -0.2) is 5.11 Å². The largest absolute Gasteiger partial charge is 0.455 e. The Morgan fingerprint density at radius 3 is 2.28 bits per heavy atom. The molecule has 126 valence electrons. The summed E-state index contributed by atoms with van der Waals surface area (Å²) >= 11 is 5.44. The molecule has 4 heteroatoms. The van der Waals surface area contributed by atoms with Crippen LogP contribution in [-0.2, 0) is 0 Å². The minimum atomic E-state index is 0.521. The average Bonchev–Trinajstić information content (AvgIpc) is 2.61. The first-order valence-electron chi connectivity index (χ1n) is 8.09. The number of anilines is 2. The molecule has 3 rings (SSSR count). The summed E-state index contributed by atoms with van der Waals surface area (Å²) in [7, 11) is 0. The van der Waals surface area contributed by atoms with Crippen molar-refractivity contribution in [1.82, 2.24) is 0 Å². The van der Waals surface area contributed by atoms with E-state index in [0.717, 1.165) is 22.9 Å². The maximum Gasteiger partial charge on any atom is 0.175 e. The summed E-state index contributed by atoms with van der Waals surface area (Å²) in [6.07, 6.45) is 0. The number of hydrogen-bond acceptors (Lipinski definition) is 2. The predicted molar refractivity (Wildman–Crippen MR) is 109 cm³/mol. The van der Waals surface area contributed by atoms with Gasteiger partial charge in [-0.1, -0.05) is 36.4 Å². The first-order chi connectivity index (χ1) is 12.1. The van der Waals surface area contributed by atoms with E-state index in [-0.39, 0.29) is 0 Å². The molecule has 0 spiro atoms. The van der Waals surface area contributed by atoms with Crippen molar-refractivity contribution in [2.45, 2.75) is 13.8 Å². The minimum Gasteiger partial charge on any atom is -0.455 e. The SMILES string of the molecule is Cc1ccc(NC(=S)Nc2ccccc2Oc2ccccc2)cc1C. The summed E-state index contributed by atoms with van der Waals surface area (Å²) in [6.45, 7) is 4.17. The Morgan fingerprint density at radius 2 is 1.52 bits per heavy atom. The fourth-order valence-corrected chi connectivity index (χ4v) is 2.61. The van der Waals surface area contributed by atoms with Crippen LogP contribution in [0.2, 0.25) is 0 Å². The molecular weight excluding hydrogens is 328 g/mol. The lowest BCUT2D eigenvalue weighted by atomic mass is 10.1. The van der Waals surface area contributed by atoms with Crippen molar-refractivity contribution in [2.75, 3.05) is 10.6 Å². The maximum atomic E-state index is 5.95. The zero-order valence-corrected chi connectivity index (χ0v) is 15.1. The van der Waals surface area contributed by atoms with Crippen LogP contribution in [0.4, 0.5) is 11.4 Å².